The molecule has 0 radical (unpaired) electrons. The third-order valence-corrected chi connectivity index (χ3v) is 8.82. The SMILES string of the molecule is CN1CCN(C(=O)c2ccc3[nH]cc(C[C@H]4COCCN4c4nc5c(s4)C(=O)NC(C)(C)C5)c3c2)CC1. The number of hydrogen-bond acceptors (Lipinski definition) is 7. The predicted octanol–water partition coefficient (Wildman–Crippen LogP) is 2.52. The van der Waals surface area contributed by atoms with Gasteiger partial charge in [0.15, 0.2) is 5.13 Å². The molecule has 2 fully saturated rings. The highest BCUT2D eigenvalue weighted by Crippen LogP contribution is 2.34. The third-order valence-electron chi connectivity index (χ3n) is 7.69. The van der Waals surface area contributed by atoms with Gasteiger partial charge in [0, 0.05) is 67.3 Å². The molecule has 37 heavy (non-hydrogen) atoms. The maximum atomic E-state index is 13.2. The number of benzene rings is 1. The lowest BCUT2D eigenvalue weighted by atomic mass is 9.94. The number of nitrogens with one attached hydrogen (secondary N) is 2. The number of ether oxygens (including phenoxy) is 1. The minimum atomic E-state index is -0.289. The van der Waals surface area contributed by atoms with E-state index in [0.29, 0.717) is 13.2 Å². The second-order valence-electron chi connectivity index (χ2n) is 11.1. The van der Waals surface area contributed by atoms with Crippen LogP contribution in [0.3, 0.4) is 0 Å². The Bertz CT molecular complexity index is 1340. The number of nitrogens with zero attached hydrogens (tertiary/aromatic N) is 4. The quantitative estimate of drug-likeness (QED) is 0.547. The largest absolute Gasteiger partial charge is 0.377 e. The number of hydrogen-bond donors (Lipinski definition) is 2. The van der Waals surface area contributed by atoms with E-state index in [2.05, 4.69) is 27.1 Å². The summed E-state index contributed by atoms with van der Waals surface area (Å²) < 4.78 is 5.88. The Morgan fingerprint density at radius 1 is 1.22 bits per heavy atom. The lowest BCUT2D eigenvalue weighted by Crippen LogP contribution is -2.48. The van der Waals surface area contributed by atoms with Crippen molar-refractivity contribution < 1.29 is 14.3 Å². The normalized spacial score (nSPS) is 22.2. The maximum Gasteiger partial charge on any atom is 0.263 e. The lowest BCUT2D eigenvalue weighted by Gasteiger charge is -2.35. The van der Waals surface area contributed by atoms with E-state index >= 15 is 0 Å². The molecule has 2 saturated heterocycles. The van der Waals surface area contributed by atoms with Crippen LogP contribution in [0.5, 0.6) is 0 Å². The molecule has 196 valence electrons. The van der Waals surface area contributed by atoms with Crippen molar-refractivity contribution >= 4 is 39.2 Å². The van der Waals surface area contributed by atoms with Crippen LogP contribution in [0.25, 0.3) is 10.9 Å². The first-order valence-corrected chi connectivity index (χ1v) is 13.8. The van der Waals surface area contributed by atoms with Gasteiger partial charge in [-0.05, 0) is 51.1 Å². The number of morpholine rings is 1. The number of amides is 2. The molecule has 2 amide bonds. The number of piperazine rings is 1. The molecule has 1 atom stereocenters. The van der Waals surface area contributed by atoms with Gasteiger partial charge in [0.25, 0.3) is 11.8 Å². The third kappa shape index (κ3) is 4.73. The molecule has 0 saturated carbocycles. The molecule has 6 rings (SSSR count). The van der Waals surface area contributed by atoms with E-state index in [4.69, 9.17) is 9.72 Å². The number of anilines is 1. The summed E-state index contributed by atoms with van der Waals surface area (Å²) in [5.74, 6) is 0.0633. The van der Waals surface area contributed by atoms with Crippen molar-refractivity contribution in [1.82, 2.24) is 25.1 Å². The molecule has 9 nitrogen and oxygen atoms in total. The van der Waals surface area contributed by atoms with Gasteiger partial charge in [-0.25, -0.2) is 4.98 Å². The van der Waals surface area contributed by atoms with Crippen LogP contribution >= 0.6 is 11.3 Å². The highest BCUT2D eigenvalue weighted by Gasteiger charge is 2.35. The molecular formula is C27H34N6O3S. The Hall–Kier alpha value is -2.95. The zero-order valence-corrected chi connectivity index (χ0v) is 22.5. The molecule has 0 unspecified atom stereocenters. The summed E-state index contributed by atoms with van der Waals surface area (Å²) >= 11 is 1.48. The second-order valence-corrected chi connectivity index (χ2v) is 12.1. The van der Waals surface area contributed by atoms with Crippen LogP contribution in [-0.2, 0) is 17.6 Å². The number of likely N-dealkylation sites (N-methyl/N-ethyl adjacent to an activating group) is 1. The average molecular weight is 523 g/mol. The number of thiazole rings is 1. The highest BCUT2D eigenvalue weighted by molar-refractivity contribution is 7.17. The number of carbonyl (C=O) groups is 2. The first-order chi connectivity index (χ1) is 17.8. The van der Waals surface area contributed by atoms with Gasteiger partial charge in [-0.3, -0.25) is 9.59 Å². The Morgan fingerprint density at radius 3 is 2.84 bits per heavy atom. The van der Waals surface area contributed by atoms with E-state index in [1.54, 1.807) is 0 Å². The fraction of sp³-hybridized carbons (Fsp3) is 0.519. The zero-order chi connectivity index (χ0) is 25.7. The summed E-state index contributed by atoms with van der Waals surface area (Å²) in [6.07, 6.45) is 3.53. The number of fused-ring (bicyclic) bond motifs is 2. The monoisotopic (exact) mass is 522 g/mol. The van der Waals surface area contributed by atoms with Crippen molar-refractivity contribution in [3.63, 3.8) is 0 Å². The van der Waals surface area contributed by atoms with E-state index < -0.39 is 0 Å². The van der Waals surface area contributed by atoms with Gasteiger partial charge in [-0.2, -0.15) is 0 Å². The van der Waals surface area contributed by atoms with Crippen molar-refractivity contribution in [2.24, 2.45) is 0 Å². The van der Waals surface area contributed by atoms with Gasteiger partial charge in [-0.15, -0.1) is 0 Å². The minimum absolute atomic E-state index is 0.0333. The van der Waals surface area contributed by atoms with E-state index in [1.807, 2.05) is 43.1 Å². The summed E-state index contributed by atoms with van der Waals surface area (Å²) in [7, 11) is 2.09. The van der Waals surface area contributed by atoms with E-state index in [9.17, 15) is 9.59 Å². The van der Waals surface area contributed by atoms with E-state index in [-0.39, 0.29) is 23.4 Å². The van der Waals surface area contributed by atoms with Crippen LogP contribution in [0.4, 0.5) is 5.13 Å². The van der Waals surface area contributed by atoms with Crippen LogP contribution in [0.1, 0.15) is 45.1 Å². The van der Waals surface area contributed by atoms with Crippen LogP contribution in [0.2, 0.25) is 0 Å². The Kier molecular flexibility index (Phi) is 6.21. The molecule has 0 bridgehead atoms. The van der Waals surface area contributed by atoms with Gasteiger partial charge >= 0.3 is 0 Å². The van der Waals surface area contributed by atoms with Crippen LogP contribution in [0, 0.1) is 0 Å². The number of aromatic amines is 1. The molecule has 3 aliphatic heterocycles. The van der Waals surface area contributed by atoms with Crippen molar-refractivity contribution in [3.8, 4) is 0 Å². The van der Waals surface area contributed by atoms with Gasteiger partial charge in [0.2, 0.25) is 0 Å². The molecule has 0 aliphatic carbocycles. The first kappa shape index (κ1) is 24.4. The Balaban J connectivity index is 1.25. The molecule has 0 spiro atoms. The minimum Gasteiger partial charge on any atom is -0.377 e. The Morgan fingerprint density at radius 2 is 2.03 bits per heavy atom. The molecule has 3 aromatic rings. The molecule has 2 aromatic heterocycles. The van der Waals surface area contributed by atoms with E-state index in [1.165, 1.54) is 11.3 Å². The topological polar surface area (TPSA) is 93.8 Å². The van der Waals surface area contributed by atoms with Gasteiger partial charge in [0.05, 0.1) is 24.9 Å². The fourth-order valence-electron chi connectivity index (χ4n) is 5.59. The average Bonchev–Trinajstić information content (AvgIpc) is 3.48. The van der Waals surface area contributed by atoms with Gasteiger partial charge in [-0.1, -0.05) is 11.3 Å². The van der Waals surface area contributed by atoms with Crippen LogP contribution in [-0.4, -0.2) is 96.1 Å². The maximum absolute atomic E-state index is 13.2. The smallest absolute Gasteiger partial charge is 0.263 e. The highest BCUT2D eigenvalue weighted by atomic mass is 32.1. The fourth-order valence-corrected chi connectivity index (χ4v) is 6.66. The summed E-state index contributed by atoms with van der Waals surface area (Å²) in [6.45, 7) is 9.35. The Labute approximate surface area is 220 Å². The molecule has 2 N–H and O–H groups in total. The standard InChI is InChI=1S/C27H34N6O3S/c1-27(2)14-22-23(24(34)30-27)37-26(29-22)33-10-11-36-16-19(33)12-18-15-28-21-5-4-17(13-20(18)21)25(35)32-8-6-31(3)7-9-32/h4-5,13,15,19,28H,6-12,14,16H2,1-3H3,(H,30,34)/t19-/m0/s1. The molecule has 1 aromatic carbocycles. The van der Waals surface area contributed by atoms with Gasteiger partial charge < -0.3 is 29.7 Å². The number of H-pyrrole nitrogens is 1. The van der Waals surface area contributed by atoms with Gasteiger partial charge in [0.1, 0.15) is 4.88 Å². The lowest BCUT2D eigenvalue weighted by molar-refractivity contribution is 0.0664. The predicted molar refractivity (Wildman–Crippen MR) is 145 cm³/mol. The van der Waals surface area contributed by atoms with Crippen molar-refractivity contribution in [2.45, 2.75) is 38.3 Å². The summed E-state index contributed by atoms with van der Waals surface area (Å²) in [4.78, 5) is 41.4. The number of aromatic nitrogens is 2. The molecule has 5 heterocycles. The molecule has 10 heteroatoms. The summed E-state index contributed by atoms with van der Waals surface area (Å²) in [5.41, 5.74) is 3.51. The number of carbonyl (C=O) groups excluding carboxylic acids is 2. The molecular weight excluding hydrogens is 488 g/mol. The van der Waals surface area contributed by atoms with E-state index in [0.717, 1.165) is 83.3 Å². The zero-order valence-electron chi connectivity index (χ0n) is 21.7. The van der Waals surface area contributed by atoms with Crippen LogP contribution < -0.4 is 10.2 Å². The molecule has 3 aliphatic rings. The second kappa shape index (κ2) is 9.41. The van der Waals surface area contributed by atoms with Crippen molar-refractivity contribution in [2.75, 3.05) is 57.9 Å². The first-order valence-electron chi connectivity index (χ1n) is 13.0. The van der Waals surface area contributed by atoms with Crippen LogP contribution in [0.15, 0.2) is 24.4 Å². The number of rotatable bonds is 4. The van der Waals surface area contributed by atoms with Crippen molar-refractivity contribution in [1.29, 1.82) is 0 Å². The summed E-state index contributed by atoms with van der Waals surface area (Å²) in [5, 5.41) is 5.05. The summed E-state index contributed by atoms with van der Waals surface area (Å²) in [6, 6.07) is 6.05. The van der Waals surface area contributed by atoms with Crippen molar-refractivity contribution in [3.05, 3.63) is 46.1 Å².